The average molecular weight is 339 g/mol. The van der Waals surface area contributed by atoms with E-state index in [-0.39, 0.29) is 12.6 Å². The van der Waals surface area contributed by atoms with Gasteiger partial charge in [-0.15, -0.1) is 0 Å². The Hall–Kier alpha value is -1.63. The fourth-order valence-electron chi connectivity index (χ4n) is 2.93. The summed E-state index contributed by atoms with van der Waals surface area (Å²) in [4.78, 5) is 23.7. The van der Waals surface area contributed by atoms with Gasteiger partial charge in [-0.2, -0.15) is 0 Å². The molecule has 1 atom stereocenters. The molecule has 1 aromatic carbocycles. The molecule has 0 bridgehead atoms. The molecule has 2 aliphatic rings. The van der Waals surface area contributed by atoms with Gasteiger partial charge in [-0.25, -0.2) is 0 Å². The lowest BCUT2D eigenvalue weighted by Crippen LogP contribution is -2.40. The largest absolute Gasteiger partial charge is 0.347 e. The monoisotopic (exact) mass is 338 g/mol. The zero-order valence-corrected chi connectivity index (χ0v) is 13.4. The van der Waals surface area contributed by atoms with Gasteiger partial charge in [0, 0.05) is 30.1 Å². The summed E-state index contributed by atoms with van der Waals surface area (Å²) in [6, 6.07) is 6.62. The predicted molar refractivity (Wildman–Crippen MR) is 85.1 cm³/mol. The van der Waals surface area contributed by atoms with E-state index in [1.807, 2.05) is 0 Å². The fourth-order valence-corrected chi connectivity index (χ4v) is 3.12. The zero-order valence-electron chi connectivity index (χ0n) is 12.6. The molecule has 2 fully saturated rings. The lowest BCUT2D eigenvalue weighted by Gasteiger charge is -2.21. The van der Waals surface area contributed by atoms with E-state index in [2.05, 4.69) is 10.6 Å². The van der Waals surface area contributed by atoms with Crippen molar-refractivity contribution in [3.8, 4) is 0 Å². The molecule has 2 N–H and O–H groups in total. The third kappa shape index (κ3) is 4.02. The second-order valence-electron chi connectivity index (χ2n) is 5.84. The van der Waals surface area contributed by atoms with E-state index >= 15 is 0 Å². The first kappa shape index (κ1) is 16.2. The van der Waals surface area contributed by atoms with Gasteiger partial charge in [0.1, 0.15) is 6.10 Å². The highest BCUT2D eigenvalue weighted by molar-refractivity contribution is 6.39. The van der Waals surface area contributed by atoms with Crippen LogP contribution in [0.1, 0.15) is 25.7 Å². The normalized spacial score (nSPS) is 22.2. The van der Waals surface area contributed by atoms with Gasteiger partial charge in [0.15, 0.2) is 5.79 Å². The van der Waals surface area contributed by atoms with Crippen LogP contribution in [0.2, 0.25) is 5.02 Å². The van der Waals surface area contributed by atoms with E-state index in [1.54, 1.807) is 24.3 Å². The van der Waals surface area contributed by atoms with Gasteiger partial charge in [0.2, 0.25) is 0 Å². The molecule has 1 heterocycles. The van der Waals surface area contributed by atoms with Gasteiger partial charge < -0.3 is 20.1 Å². The van der Waals surface area contributed by atoms with Crippen LogP contribution in [0.3, 0.4) is 0 Å². The van der Waals surface area contributed by atoms with Crippen LogP contribution in [-0.2, 0) is 19.1 Å². The number of benzene rings is 1. The van der Waals surface area contributed by atoms with E-state index in [4.69, 9.17) is 21.1 Å². The van der Waals surface area contributed by atoms with Crippen molar-refractivity contribution in [3.05, 3.63) is 29.3 Å². The SMILES string of the molecule is O=C(NC[C@H]1COC2(CCCC2)O1)C(=O)Nc1cccc(Cl)c1. The molecular formula is C16H19ClN2O4. The second kappa shape index (κ2) is 6.86. The molecule has 6 nitrogen and oxygen atoms in total. The van der Waals surface area contributed by atoms with Gasteiger partial charge in [-0.1, -0.05) is 17.7 Å². The van der Waals surface area contributed by atoms with Crippen molar-refractivity contribution in [3.63, 3.8) is 0 Å². The maximum atomic E-state index is 11.8. The van der Waals surface area contributed by atoms with Crippen molar-refractivity contribution in [2.75, 3.05) is 18.5 Å². The van der Waals surface area contributed by atoms with Gasteiger partial charge in [-0.3, -0.25) is 9.59 Å². The molecule has 2 amide bonds. The number of nitrogens with one attached hydrogen (secondary N) is 2. The van der Waals surface area contributed by atoms with Crippen LogP contribution in [0.5, 0.6) is 0 Å². The molecule has 1 aliphatic carbocycles. The van der Waals surface area contributed by atoms with E-state index in [0.717, 1.165) is 25.7 Å². The number of rotatable bonds is 3. The Balaban J connectivity index is 1.45. The summed E-state index contributed by atoms with van der Waals surface area (Å²) >= 11 is 5.83. The molecule has 0 unspecified atom stereocenters. The standard InChI is InChI=1S/C16H19ClN2O4/c17-11-4-3-5-12(8-11)19-15(21)14(20)18-9-13-10-22-16(23-13)6-1-2-7-16/h3-5,8,13H,1-2,6-7,9-10H2,(H,18,20)(H,19,21)/t13-/m0/s1. The Morgan fingerprint density at radius 2 is 2.04 bits per heavy atom. The fraction of sp³-hybridized carbons (Fsp3) is 0.500. The number of hydrogen-bond acceptors (Lipinski definition) is 4. The maximum Gasteiger partial charge on any atom is 0.313 e. The summed E-state index contributed by atoms with van der Waals surface area (Å²) in [5.41, 5.74) is 0.475. The second-order valence-corrected chi connectivity index (χ2v) is 6.28. The minimum Gasteiger partial charge on any atom is -0.347 e. The van der Waals surface area contributed by atoms with Crippen molar-refractivity contribution in [1.82, 2.24) is 5.32 Å². The smallest absolute Gasteiger partial charge is 0.313 e. The quantitative estimate of drug-likeness (QED) is 0.827. The Labute approximate surface area is 139 Å². The highest BCUT2D eigenvalue weighted by Crippen LogP contribution is 2.38. The van der Waals surface area contributed by atoms with Crippen LogP contribution >= 0.6 is 11.6 Å². The summed E-state index contributed by atoms with van der Waals surface area (Å²) in [6.07, 6.45) is 3.78. The topological polar surface area (TPSA) is 76.7 Å². The maximum absolute atomic E-state index is 11.8. The Kier molecular flexibility index (Phi) is 4.84. The van der Waals surface area contributed by atoms with Crippen molar-refractivity contribution < 1.29 is 19.1 Å². The minimum absolute atomic E-state index is 0.212. The lowest BCUT2D eigenvalue weighted by molar-refractivity contribution is -0.161. The van der Waals surface area contributed by atoms with Gasteiger partial charge in [0.05, 0.1) is 6.61 Å². The van der Waals surface area contributed by atoms with Crippen LogP contribution in [0.15, 0.2) is 24.3 Å². The molecule has 1 spiro atoms. The molecule has 124 valence electrons. The zero-order chi connectivity index (χ0) is 16.3. The third-order valence-corrected chi connectivity index (χ3v) is 4.29. The number of halogens is 1. The van der Waals surface area contributed by atoms with E-state index in [1.165, 1.54) is 0 Å². The summed E-state index contributed by atoms with van der Waals surface area (Å²) in [7, 11) is 0. The number of hydrogen-bond donors (Lipinski definition) is 2. The van der Waals surface area contributed by atoms with Gasteiger partial charge in [-0.05, 0) is 31.0 Å². The first-order valence-electron chi connectivity index (χ1n) is 7.73. The Morgan fingerprint density at radius 3 is 2.78 bits per heavy atom. The Morgan fingerprint density at radius 1 is 1.26 bits per heavy atom. The number of ether oxygens (including phenoxy) is 2. The first-order chi connectivity index (χ1) is 11.1. The summed E-state index contributed by atoms with van der Waals surface area (Å²) in [5.74, 6) is -1.90. The molecule has 3 rings (SSSR count). The number of anilines is 1. The van der Waals surface area contributed by atoms with Crippen molar-refractivity contribution in [2.24, 2.45) is 0 Å². The highest BCUT2D eigenvalue weighted by Gasteiger charge is 2.43. The number of carbonyl (C=O) groups excluding carboxylic acids is 2. The van der Waals surface area contributed by atoms with Crippen molar-refractivity contribution >= 4 is 29.1 Å². The van der Waals surface area contributed by atoms with Crippen LogP contribution < -0.4 is 10.6 Å². The summed E-state index contributed by atoms with van der Waals surface area (Å²) in [5, 5.41) is 5.56. The molecule has 0 aromatic heterocycles. The molecule has 1 aliphatic heterocycles. The molecule has 1 saturated carbocycles. The predicted octanol–water partition coefficient (Wildman–Crippen LogP) is 2.08. The number of carbonyl (C=O) groups is 2. The minimum atomic E-state index is -0.734. The van der Waals surface area contributed by atoms with Crippen LogP contribution in [0, 0.1) is 0 Å². The molecule has 0 radical (unpaired) electrons. The third-order valence-electron chi connectivity index (χ3n) is 4.06. The molecule has 1 saturated heterocycles. The summed E-state index contributed by atoms with van der Waals surface area (Å²) in [6.45, 7) is 0.694. The summed E-state index contributed by atoms with van der Waals surface area (Å²) < 4.78 is 11.6. The van der Waals surface area contributed by atoms with Gasteiger partial charge >= 0.3 is 11.8 Å². The first-order valence-corrected chi connectivity index (χ1v) is 8.11. The Bertz CT molecular complexity index is 601. The van der Waals surface area contributed by atoms with Crippen molar-refractivity contribution in [1.29, 1.82) is 0 Å². The van der Waals surface area contributed by atoms with Crippen LogP contribution in [-0.4, -0.2) is 36.9 Å². The lowest BCUT2D eigenvalue weighted by atomic mass is 10.2. The highest BCUT2D eigenvalue weighted by atomic mass is 35.5. The van der Waals surface area contributed by atoms with Crippen molar-refractivity contribution in [2.45, 2.75) is 37.6 Å². The van der Waals surface area contributed by atoms with Gasteiger partial charge in [0.25, 0.3) is 0 Å². The van der Waals surface area contributed by atoms with Crippen LogP contribution in [0.25, 0.3) is 0 Å². The van der Waals surface area contributed by atoms with E-state index in [0.29, 0.717) is 17.3 Å². The molecular weight excluding hydrogens is 320 g/mol. The molecule has 23 heavy (non-hydrogen) atoms. The van der Waals surface area contributed by atoms with E-state index in [9.17, 15) is 9.59 Å². The molecule has 7 heteroatoms. The van der Waals surface area contributed by atoms with E-state index < -0.39 is 17.6 Å². The molecule has 1 aromatic rings. The van der Waals surface area contributed by atoms with Crippen LogP contribution in [0.4, 0.5) is 5.69 Å². The number of amides is 2. The average Bonchev–Trinajstić information content (AvgIpc) is 3.15.